The van der Waals surface area contributed by atoms with Crippen LogP contribution in [0.2, 0.25) is 5.02 Å². The summed E-state index contributed by atoms with van der Waals surface area (Å²) in [7, 11) is 0. The van der Waals surface area contributed by atoms with E-state index in [1.165, 1.54) is 6.92 Å². The Hall–Kier alpha value is -2.51. The molecule has 2 rings (SSSR count). The van der Waals surface area contributed by atoms with Gasteiger partial charge in [0, 0.05) is 17.5 Å². The Bertz CT molecular complexity index is 690. The Labute approximate surface area is 127 Å². The van der Waals surface area contributed by atoms with Gasteiger partial charge < -0.3 is 9.47 Å². The van der Waals surface area contributed by atoms with Crippen LogP contribution in [0.1, 0.15) is 18.1 Å². The molecule has 4 nitrogen and oxygen atoms in total. The highest BCUT2D eigenvalue weighted by atomic mass is 35.5. The highest BCUT2D eigenvalue weighted by Crippen LogP contribution is 2.27. The van der Waals surface area contributed by atoms with Crippen LogP contribution in [-0.2, 0) is 16.1 Å². The molecule has 21 heavy (non-hydrogen) atoms. The van der Waals surface area contributed by atoms with Gasteiger partial charge in [0.2, 0.25) is 0 Å². The maximum atomic E-state index is 10.8. The minimum absolute atomic E-state index is 0.0960. The van der Waals surface area contributed by atoms with Gasteiger partial charge in [-0.05, 0) is 42.5 Å². The van der Waals surface area contributed by atoms with E-state index in [2.05, 4.69) is 0 Å². The third-order valence-electron chi connectivity index (χ3n) is 2.67. The Balaban J connectivity index is 2.14. The normalized spacial score (nSPS) is 9.76. The predicted octanol–water partition coefficient (Wildman–Crippen LogP) is 4.07. The Morgan fingerprint density at radius 1 is 1.19 bits per heavy atom. The average molecular weight is 302 g/mol. The number of benzene rings is 2. The zero-order valence-electron chi connectivity index (χ0n) is 11.3. The van der Waals surface area contributed by atoms with Crippen molar-refractivity contribution in [2.24, 2.45) is 0 Å². The van der Waals surface area contributed by atoms with Crippen LogP contribution in [0.3, 0.4) is 0 Å². The van der Waals surface area contributed by atoms with Crippen molar-refractivity contribution in [1.82, 2.24) is 0 Å². The number of halogens is 1. The van der Waals surface area contributed by atoms with E-state index in [0.29, 0.717) is 27.6 Å². The molecule has 0 radical (unpaired) electrons. The minimum atomic E-state index is -0.371. The van der Waals surface area contributed by atoms with Crippen molar-refractivity contribution in [2.75, 3.05) is 0 Å². The lowest BCUT2D eigenvalue weighted by atomic mass is 10.2. The number of esters is 1. The standard InChI is InChI=1S/C16H12ClNO3/c1-11(19)20-10-13-8-15(6-7-16(13)17)21-14-4-2-12(9-18)3-5-14/h2-8H,10H2,1H3. The van der Waals surface area contributed by atoms with Crippen LogP contribution in [0.5, 0.6) is 11.5 Å². The molecule has 0 fully saturated rings. The molecule has 0 aliphatic heterocycles. The molecule has 2 aromatic rings. The highest BCUT2D eigenvalue weighted by molar-refractivity contribution is 6.31. The number of rotatable bonds is 4. The molecule has 0 saturated carbocycles. The second-order valence-electron chi connectivity index (χ2n) is 4.27. The molecule has 0 bridgehead atoms. The van der Waals surface area contributed by atoms with Crippen molar-refractivity contribution in [2.45, 2.75) is 13.5 Å². The van der Waals surface area contributed by atoms with Crippen molar-refractivity contribution >= 4 is 17.6 Å². The van der Waals surface area contributed by atoms with Gasteiger partial charge in [-0.3, -0.25) is 4.79 Å². The molecule has 0 saturated heterocycles. The van der Waals surface area contributed by atoms with Crippen molar-refractivity contribution in [1.29, 1.82) is 5.26 Å². The first-order valence-corrected chi connectivity index (χ1v) is 6.56. The fraction of sp³-hybridized carbons (Fsp3) is 0.125. The molecule has 0 N–H and O–H groups in total. The van der Waals surface area contributed by atoms with Gasteiger partial charge in [0.25, 0.3) is 0 Å². The molecule has 0 heterocycles. The predicted molar refractivity (Wildman–Crippen MR) is 78.2 cm³/mol. The van der Waals surface area contributed by atoms with E-state index >= 15 is 0 Å². The van der Waals surface area contributed by atoms with Gasteiger partial charge in [0.05, 0.1) is 11.6 Å². The van der Waals surface area contributed by atoms with E-state index in [1.807, 2.05) is 6.07 Å². The summed E-state index contributed by atoms with van der Waals surface area (Å²) in [5.74, 6) is 0.811. The van der Waals surface area contributed by atoms with E-state index in [1.54, 1.807) is 42.5 Å². The Morgan fingerprint density at radius 3 is 2.48 bits per heavy atom. The Morgan fingerprint density at radius 2 is 1.86 bits per heavy atom. The molecule has 0 aromatic heterocycles. The number of carbonyl (C=O) groups excluding carboxylic acids is 1. The second kappa shape index (κ2) is 6.78. The maximum Gasteiger partial charge on any atom is 0.302 e. The van der Waals surface area contributed by atoms with Crippen molar-refractivity contribution in [3.8, 4) is 17.6 Å². The summed E-state index contributed by atoms with van der Waals surface area (Å²) in [5.41, 5.74) is 1.23. The third-order valence-corrected chi connectivity index (χ3v) is 3.04. The number of hydrogen-bond donors (Lipinski definition) is 0. The fourth-order valence-corrected chi connectivity index (χ4v) is 1.81. The second-order valence-corrected chi connectivity index (χ2v) is 4.68. The van der Waals surface area contributed by atoms with Crippen LogP contribution >= 0.6 is 11.6 Å². The van der Waals surface area contributed by atoms with E-state index in [4.69, 9.17) is 26.3 Å². The quantitative estimate of drug-likeness (QED) is 0.799. The molecule has 2 aromatic carbocycles. The maximum absolute atomic E-state index is 10.8. The molecule has 0 aliphatic rings. The first-order chi connectivity index (χ1) is 10.1. The fourth-order valence-electron chi connectivity index (χ4n) is 1.64. The van der Waals surface area contributed by atoms with Crippen LogP contribution in [0, 0.1) is 11.3 Å². The molecule has 0 spiro atoms. The smallest absolute Gasteiger partial charge is 0.302 e. The first-order valence-electron chi connectivity index (χ1n) is 6.18. The zero-order chi connectivity index (χ0) is 15.2. The van der Waals surface area contributed by atoms with Crippen molar-refractivity contribution < 1.29 is 14.3 Å². The van der Waals surface area contributed by atoms with Gasteiger partial charge in [-0.25, -0.2) is 0 Å². The first kappa shape index (κ1) is 14.9. The molecular formula is C16H12ClNO3. The topological polar surface area (TPSA) is 59.3 Å². The average Bonchev–Trinajstić information content (AvgIpc) is 2.48. The SMILES string of the molecule is CC(=O)OCc1cc(Oc2ccc(C#N)cc2)ccc1Cl. The van der Waals surface area contributed by atoms with Crippen molar-refractivity contribution in [3.05, 3.63) is 58.6 Å². The summed E-state index contributed by atoms with van der Waals surface area (Å²) >= 11 is 6.04. The summed E-state index contributed by atoms with van der Waals surface area (Å²) in [5, 5.41) is 9.25. The summed E-state index contributed by atoms with van der Waals surface area (Å²) in [6.07, 6.45) is 0. The van der Waals surface area contributed by atoms with Crippen LogP contribution < -0.4 is 4.74 Å². The van der Waals surface area contributed by atoms with E-state index in [0.717, 1.165) is 0 Å². The van der Waals surface area contributed by atoms with Crippen LogP contribution in [0.15, 0.2) is 42.5 Å². The summed E-state index contributed by atoms with van der Waals surface area (Å²) in [4.78, 5) is 10.8. The monoisotopic (exact) mass is 301 g/mol. The van der Waals surface area contributed by atoms with Gasteiger partial charge in [0.1, 0.15) is 18.1 Å². The molecular weight excluding hydrogens is 290 g/mol. The van der Waals surface area contributed by atoms with Crippen LogP contribution in [0.25, 0.3) is 0 Å². The number of hydrogen-bond acceptors (Lipinski definition) is 4. The summed E-state index contributed by atoms with van der Waals surface area (Å²) in [6.45, 7) is 1.43. The largest absolute Gasteiger partial charge is 0.461 e. The lowest BCUT2D eigenvalue weighted by Gasteiger charge is -2.09. The lowest BCUT2D eigenvalue weighted by molar-refractivity contribution is -0.142. The van der Waals surface area contributed by atoms with Gasteiger partial charge in [-0.2, -0.15) is 5.26 Å². The third kappa shape index (κ3) is 4.23. The number of ether oxygens (including phenoxy) is 2. The zero-order valence-corrected chi connectivity index (χ0v) is 12.1. The summed E-state index contributed by atoms with van der Waals surface area (Å²) < 4.78 is 10.6. The van der Waals surface area contributed by atoms with Crippen molar-refractivity contribution in [3.63, 3.8) is 0 Å². The number of nitrogens with zero attached hydrogens (tertiary/aromatic N) is 1. The minimum Gasteiger partial charge on any atom is -0.461 e. The van der Waals surface area contributed by atoms with Crippen LogP contribution in [0.4, 0.5) is 0 Å². The van der Waals surface area contributed by atoms with Gasteiger partial charge in [-0.15, -0.1) is 0 Å². The van der Waals surface area contributed by atoms with E-state index in [-0.39, 0.29) is 12.6 Å². The highest BCUT2D eigenvalue weighted by Gasteiger charge is 2.06. The Kier molecular flexibility index (Phi) is 4.81. The lowest BCUT2D eigenvalue weighted by Crippen LogP contribution is -1.99. The van der Waals surface area contributed by atoms with Gasteiger partial charge >= 0.3 is 5.97 Å². The molecule has 0 aliphatic carbocycles. The van der Waals surface area contributed by atoms with Gasteiger partial charge in [-0.1, -0.05) is 11.6 Å². The number of nitriles is 1. The van der Waals surface area contributed by atoms with Gasteiger partial charge in [0.15, 0.2) is 0 Å². The van der Waals surface area contributed by atoms with Crippen LogP contribution in [-0.4, -0.2) is 5.97 Å². The molecule has 106 valence electrons. The summed E-state index contributed by atoms with van der Waals surface area (Å²) in [6, 6.07) is 13.9. The van der Waals surface area contributed by atoms with E-state index in [9.17, 15) is 4.79 Å². The molecule has 0 atom stereocenters. The molecule has 0 unspecified atom stereocenters. The number of carbonyl (C=O) groups is 1. The van der Waals surface area contributed by atoms with E-state index < -0.39 is 0 Å². The molecule has 5 heteroatoms. The molecule has 0 amide bonds.